The van der Waals surface area contributed by atoms with Crippen LogP contribution in [0.4, 0.5) is 4.79 Å². The number of nitrogens with zero attached hydrogens (tertiary/aromatic N) is 1. The summed E-state index contributed by atoms with van der Waals surface area (Å²) in [4.78, 5) is 39.4. The third-order valence-corrected chi connectivity index (χ3v) is 7.37. The third kappa shape index (κ3) is 5.19. The van der Waals surface area contributed by atoms with E-state index in [0.717, 1.165) is 35.1 Å². The summed E-state index contributed by atoms with van der Waals surface area (Å²) in [5, 5.41) is 12.5. The van der Waals surface area contributed by atoms with Crippen molar-refractivity contribution in [3.05, 3.63) is 59.7 Å². The number of aliphatic carboxylic acids is 1. The molecule has 4 rings (SSSR count). The molecule has 2 aliphatic rings. The van der Waals surface area contributed by atoms with Crippen LogP contribution in [0.3, 0.4) is 0 Å². The maximum absolute atomic E-state index is 13.3. The highest BCUT2D eigenvalue weighted by atomic mass is 16.5. The van der Waals surface area contributed by atoms with Crippen molar-refractivity contribution in [2.45, 2.75) is 64.0 Å². The van der Waals surface area contributed by atoms with E-state index < -0.39 is 24.1 Å². The van der Waals surface area contributed by atoms with Crippen molar-refractivity contribution < 1.29 is 24.2 Å². The zero-order valence-electron chi connectivity index (χ0n) is 20.4. The van der Waals surface area contributed by atoms with Crippen LogP contribution >= 0.6 is 0 Å². The second kappa shape index (κ2) is 10.9. The Morgan fingerprint density at radius 1 is 1.06 bits per heavy atom. The molecule has 0 bridgehead atoms. The van der Waals surface area contributed by atoms with Gasteiger partial charge < -0.3 is 20.1 Å². The maximum atomic E-state index is 13.3. The van der Waals surface area contributed by atoms with E-state index >= 15 is 0 Å². The van der Waals surface area contributed by atoms with Crippen molar-refractivity contribution in [3.63, 3.8) is 0 Å². The second-order valence-electron chi connectivity index (χ2n) is 9.50. The van der Waals surface area contributed by atoms with Crippen LogP contribution in [-0.2, 0) is 14.3 Å². The van der Waals surface area contributed by atoms with Crippen LogP contribution in [0.1, 0.15) is 63.0 Å². The molecule has 0 aromatic heterocycles. The van der Waals surface area contributed by atoms with Crippen molar-refractivity contribution in [3.8, 4) is 11.1 Å². The Bertz CT molecular complexity index is 1040. The second-order valence-corrected chi connectivity index (χ2v) is 9.50. The zero-order valence-corrected chi connectivity index (χ0v) is 20.4. The van der Waals surface area contributed by atoms with Gasteiger partial charge in [-0.25, -0.2) is 9.59 Å². The first-order valence-electron chi connectivity index (χ1n) is 12.6. The summed E-state index contributed by atoms with van der Waals surface area (Å²) in [6, 6.07) is 14.5. The first kappa shape index (κ1) is 24.8. The molecule has 2 aromatic carbocycles. The largest absolute Gasteiger partial charge is 0.480 e. The topological polar surface area (TPSA) is 95.9 Å². The van der Waals surface area contributed by atoms with Crippen LogP contribution in [0, 0.1) is 5.92 Å². The third-order valence-electron chi connectivity index (χ3n) is 7.37. The lowest BCUT2D eigenvalue weighted by molar-refractivity contribution is -0.154. The molecule has 1 fully saturated rings. The smallest absolute Gasteiger partial charge is 0.407 e. The predicted molar refractivity (Wildman–Crippen MR) is 133 cm³/mol. The van der Waals surface area contributed by atoms with Gasteiger partial charge in [-0.1, -0.05) is 75.2 Å². The molecule has 3 atom stereocenters. The number of carbonyl (C=O) groups excluding carboxylic acids is 2. The molecule has 35 heavy (non-hydrogen) atoms. The summed E-state index contributed by atoms with van der Waals surface area (Å²) in [7, 11) is 0. The number of carboxylic acid groups (broad SMARTS) is 1. The molecule has 2 aromatic rings. The number of hydrogen-bond donors (Lipinski definition) is 2. The summed E-state index contributed by atoms with van der Waals surface area (Å²) in [5.74, 6) is -1.12. The van der Waals surface area contributed by atoms with Gasteiger partial charge >= 0.3 is 12.1 Å². The van der Waals surface area contributed by atoms with Crippen LogP contribution in [0.15, 0.2) is 48.5 Å². The highest BCUT2D eigenvalue weighted by Gasteiger charge is 2.38. The first-order chi connectivity index (χ1) is 16.9. The minimum Gasteiger partial charge on any atom is -0.480 e. The monoisotopic (exact) mass is 478 g/mol. The quantitative estimate of drug-likeness (QED) is 0.568. The Morgan fingerprint density at radius 3 is 2.26 bits per heavy atom. The van der Waals surface area contributed by atoms with Crippen molar-refractivity contribution >= 4 is 18.0 Å². The number of hydrogen-bond acceptors (Lipinski definition) is 4. The number of rotatable bonds is 8. The van der Waals surface area contributed by atoms with Gasteiger partial charge in [-0.3, -0.25) is 4.79 Å². The van der Waals surface area contributed by atoms with Crippen molar-refractivity contribution in [2.24, 2.45) is 5.92 Å². The van der Waals surface area contributed by atoms with E-state index in [1.54, 1.807) is 0 Å². The average Bonchev–Trinajstić information content (AvgIpc) is 3.20. The lowest BCUT2D eigenvalue weighted by atomic mass is 9.88. The summed E-state index contributed by atoms with van der Waals surface area (Å²) in [5.41, 5.74) is 4.52. The van der Waals surface area contributed by atoms with Gasteiger partial charge in [0, 0.05) is 12.5 Å². The van der Waals surface area contributed by atoms with E-state index in [1.807, 2.05) is 38.1 Å². The molecule has 2 N–H and O–H groups in total. The lowest BCUT2D eigenvalue weighted by Crippen LogP contribution is -2.56. The zero-order chi connectivity index (χ0) is 24.9. The number of ether oxygens (including phenoxy) is 1. The molecule has 1 aliphatic heterocycles. The van der Waals surface area contributed by atoms with Gasteiger partial charge in [-0.15, -0.1) is 0 Å². The van der Waals surface area contributed by atoms with E-state index in [1.165, 1.54) is 4.90 Å². The van der Waals surface area contributed by atoms with Gasteiger partial charge in [0.05, 0.1) is 0 Å². The molecule has 3 unspecified atom stereocenters. The Labute approximate surface area is 206 Å². The van der Waals surface area contributed by atoms with Crippen molar-refractivity contribution in [2.75, 3.05) is 13.2 Å². The number of carbonyl (C=O) groups is 3. The van der Waals surface area contributed by atoms with Gasteiger partial charge in [0.2, 0.25) is 5.91 Å². The van der Waals surface area contributed by atoms with Gasteiger partial charge in [0.25, 0.3) is 0 Å². The fourth-order valence-electron chi connectivity index (χ4n) is 5.44. The fourth-order valence-corrected chi connectivity index (χ4v) is 5.44. The normalized spacial score (nSPS) is 20.0. The first-order valence-corrected chi connectivity index (χ1v) is 12.6. The summed E-state index contributed by atoms with van der Waals surface area (Å²) >= 11 is 0. The van der Waals surface area contributed by atoms with Crippen LogP contribution in [0.2, 0.25) is 0 Å². The fraction of sp³-hybridized carbons (Fsp3) is 0.464. The number of amides is 2. The maximum Gasteiger partial charge on any atom is 0.407 e. The molecule has 7 nitrogen and oxygen atoms in total. The average molecular weight is 479 g/mol. The minimum atomic E-state index is -0.993. The number of carboxylic acids is 1. The number of likely N-dealkylation sites (tertiary alicyclic amines) is 1. The summed E-state index contributed by atoms with van der Waals surface area (Å²) in [6.07, 6.45) is 2.54. The Hall–Kier alpha value is -3.35. The predicted octanol–water partition coefficient (Wildman–Crippen LogP) is 4.80. The van der Waals surface area contributed by atoms with E-state index in [-0.39, 0.29) is 18.4 Å². The van der Waals surface area contributed by atoms with Crippen LogP contribution in [0.25, 0.3) is 11.1 Å². The summed E-state index contributed by atoms with van der Waals surface area (Å²) < 4.78 is 5.63. The van der Waals surface area contributed by atoms with Crippen LogP contribution < -0.4 is 5.32 Å². The number of benzene rings is 2. The van der Waals surface area contributed by atoms with Crippen molar-refractivity contribution in [1.29, 1.82) is 0 Å². The molecule has 2 amide bonds. The lowest BCUT2D eigenvalue weighted by Gasteiger charge is -2.38. The molecule has 0 spiro atoms. The summed E-state index contributed by atoms with van der Waals surface area (Å²) in [6.45, 7) is 4.52. The molecular formula is C28H34N2O5. The van der Waals surface area contributed by atoms with E-state index in [4.69, 9.17) is 4.74 Å². The highest BCUT2D eigenvalue weighted by molar-refractivity contribution is 5.89. The molecule has 1 saturated heterocycles. The minimum absolute atomic E-state index is 0.0714. The molecule has 7 heteroatoms. The molecule has 1 heterocycles. The molecular weight excluding hydrogens is 444 g/mol. The van der Waals surface area contributed by atoms with E-state index in [9.17, 15) is 19.5 Å². The number of fused-ring (bicyclic) bond motifs is 3. The molecule has 0 radical (unpaired) electrons. The van der Waals surface area contributed by atoms with Crippen LogP contribution in [0.5, 0.6) is 0 Å². The molecule has 0 saturated carbocycles. The highest BCUT2D eigenvalue weighted by Crippen LogP contribution is 2.44. The Balaban J connectivity index is 1.42. The van der Waals surface area contributed by atoms with E-state index in [2.05, 4.69) is 29.6 Å². The number of nitrogens with one attached hydrogen (secondary N) is 1. The Kier molecular flexibility index (Phi) is 7.73. The van der Waals surface area contributed by atoms with Crippen LogP contribution in [-0.4, -0.2) is 53.2 Å². The number of piperidine rings is 1. The number of alkyl carbamates (subject to hydrolysis) is 1. The SMILES string of the molecule is CCCC(NC(=O)OCC1c2ccccc2-c2ccccc21)C(=O)N1CCC(CC)CC1C(=O)O. The van der Waals surface area contributed by atoms with Crippen molar-refractivity contribution in [1.82, 2.24) is 10.2 Å². The van der Waals surface area contributed by atoms with Gasteiger partial charge in [-0.05, 0) is 47.4 Å². The molecule has 186 valence electrons. The van der Waals surface area contributed by atoms with Gasteiger partial charge in [-0.2, -0.15) is 0 Å². The van der Waals surface area contributed by atoms with Gasteiger partial charge in [0.1, 0.15) is 18.7 Å². The molecule has 1 aliphatic carbocycles. The standard InChI is InChI=1S/C28H34N2O5/c1-3-9-24(26(31)30-15-14-18(4-2)16-25(30)27(32)33)29-28(34)35-17-23-21-12-7-5-10-19(21)20-11-6-8-13-22(20)23/h5-8,10-13,18,23-25H,3-4,9,14-17H2,1-2H3,(H,29,34)(H,32,33). The Morgan fingerprint density at radius 2 is 1.69 bits per heavy atom. The van der Waals surface area contributed by atoms with Gasteiger partial charge in [0.15, 0.2) is 0 Å². The van der Waals surface area contributed by atoms with E-state index in [0.29, 0.717) is 31.7 Å².